The summed E-state index contributed by atoms with van der Waals surface area (Å²) >= 11 is 5.79. The molecule has 2 rings (SSSR count). The Morgan fingerprint density at radius 2 is 1.96 bits per heavy atom. The summed E-state index contributed by atoms with van der Waals surface area (Å²) in [5, 5.41) is 13.9. The lowest BCUT2D eigenvalue weighted by atomic mass is 9.97. The van der Waals surface area contributed by atoms with Gasteiger partial charge >= 0.3 is 0 Å². The molecule has 0 spiro atoms. The van der Waals surface area contributed by atoms with Crippen LogP contribution in [0, 0.1) is 24.0 Å². The Balaban J connectivity index is 2.27. The number of benzene rings is 2. The average Bonchev–Trinajstić information content (AvgIpc) is 2.53. The number of nitro benzene ring substituents is 1. The molecule has 5 nitrogen and oxygen atoms in total. The van der Waals surface area contributed by atoms with Crippen LogP contribution in [-0.4, -0.2) is 10.8 Å². The molecule has 0 bridgehead atoms. The molecule has 0 fully saturated rings. The van der Waals surface area contributed by atoms with Crippen LogP contribution in [0.1, 0.15) is 46.4 Å². The molecule has 0 aliphatic rings. The standard InChI is InChI=1S/C18H19ClN2O3/c1-4-16(14-7-5-11(2)9-12(14)3)20-18(22)13-6-8-15(19)17(10-13)21(23)24/h5-10,16H,4H2,1-3H3,(H,20,22). The maximum Gasteiger partial charge on any atom is 0.288 e. The molecule has 6 heteroatoms. The van der Waals surface area contributed by atoms with Crippen molar-refractivity contribution in [3.63, 3.8) is 0 Å². The van der Waals surface area contributed by atoms with Gasteiger partial charge in [0, 0.05) is 11.6 Å². The molecule has 0 heterocycles. The van der Waals surface area contributed by atoms with Crippen molar-refractivity contribution in [1.29, 1.82) is 0 Å². The minimum Gasteiger partial charge on any atom is -0.345 e. The SMILES string of the molecule is CCC(NC(=O)c1ccc(Cl)c([N+](=O)[O-])c1)c1ccc(C)cc1C. The zero-order chi connectivity index (χ0) is 17.9. The van der Waals surface area contributed by atoms with Gasteiger partial charge in [0.05, 0.1) is 11.0 Å². The number of nitrogens with one attached hydrogen (secondary N) is 1. The summed E-state index contributed by atoms with van der Waals surface area (Å²) in [5.74, 6) is -0.360. The summed E-state index contributed by atoms with van der Waals surface area (Å²) in [6, 6.07) is 9.97. The molecule has 1 unspecified atom stereocenters. The van der Waals surface area contributed by atoms with E-state index in [1.165, 1.54) is 18.2 Å². The van der Waals surface area contributed by atoms with Gasteiger partial charge in [-0.15, -0.1) is 0 Å². The van der Waals surface area contributed by atoms with E-state index in [2.05, 4.69) is 11.4 Å². The number of carbonyl (C=O) groups excluding carboxylic acids is 1. The van der Waals surface area contributed by atoms with Gasteiger partial charge in [-0.1, -0.05) is 42.3 Å². The quantitative estimate of drug-likeness (QED) is 0.627. The number of rotatable bonds is 5. The number of nitrogens with zero attached hydrogens (tertiary/aromatic N) is 1. The largest absolute Gasteiger partial charge is 0.345 e. The van der Waals surface area contributed by atoms with E-state index in [1.807, 2.05) is 32.9 Å². The molecule has 24 heavy (non-hydrogen) atoms. The summed E-state index contributed by atoms with van der Waals surface area (Å²) in [6.45, 7) is 6.00. The summed E-state index contributed by atoms with van der Waals surface area (Å²) in [5.41, 5.74) is 3.24. The highest BCUT2D eigenvalue weighted by molar-refractivity contribution is 6.32. The smallest absolute Gasteiger partial charge is 0.288 e. The van der Waals surface area contributed by atoms with E-state index in [9.17, 15) is 14.9 Å². The first-order valence-corrected chi connectivity index (χ1v) is 8.03. The fraction of sp³-hybridized carbons (Fsp3) is 0.278. The third-order valence-electron chi connectivity index (χ3n) is 3.92. The summed E-state index contributed by atoms with van der Waals surface area (Å²) in [4.78, 5) is 22.8. The van der Waals surface area contributed by atoms with Gasteiger partial charge in [-0.25, -0.2) is 0 Å². The van der Waals surface area contributed by atoms with Gasteiger partial charge < -0.3 is 5.32 Å². The second-order valence-electron chi connectivity index (χ2n) is 5.72. The van der Waals surface area contributed by atoms with Gasteiger partial charge in [0.1, 0.15) is 5.02 Å². The molecule has 0 saturated heterocycles. The highest BCUT2D eigenvalue weighted by Crippen LogP contribution is 2.26. The van der Waals surface area contributed by atoms with Crippen LogP contribution in [-0.2, 0) is 0 Å². The number of hydrogen-bond acceptors (Lipinski definition) is 3. The maximum atomic E-state index is 12.5. The molecule has 126 valence electrons. The molecule has 1 amide bonds. The Kier molecular flexibility index (Phi) is 5.57. The predicted molar refractivity (Wildman–Crippen MR) is 94.5 cm³/mol. The van der Waals surface area contributed by atoms with Crippen LogP contribution in [0.5, 0.6) is 0 Å². The first-order chi connectivity index (χ1) is 11.3. The number of carbonyl (C=O) groups is 1. The third-order valence-corrected chi connectivity index (χ3v) is 4.24. The van der Waals surface area contributed by atoms with Crippen LogP contribution in [0.2, 0.25) is 5.02 Å². The first kappa shape index (κ1) is 17.9. The number of aryl methyl sites for hydroxylation is 2. The minimum atomic E-state index is -0.597. The molecule has 0 aliphatic carbocycles. The van der Waals surface area contributed by atoms with Crippen molar-refractivity contribution in [2.45, 2.75) is 33.2 Å². The summed E-state index contributed by atoms with van der Waals surface area (Å²) < 4.78 is 0. The Bertz CT molecular complexity index is 790. The van der Waals surface area contributed by atoms with Crippen molar-refractivity contribution in [2.24, 2.45) is 0 Å². The van der Waals surface area contributed by atoms with Gasteiger partial charge in [-0.2, -0.15) is 0 Å². The molecule has 0 aliphatic heterocycles. The third kappa shape index (κ3) is 3.92. The van der Waals surface area contributed by atoms with Crippen molar-refractivity contribution < 1.29 is 9.72 Å². The zero-order valence-corrected chi connectivity index (χ0v) is 14.6. The van der Waals surface area contributed by atoms with E-state index in [0.717, 1.165) is 16.7 Å². The Labute approximate surface area is 145 Å². The van der Waals surface area contributed by atoms with Gasteiger partial charge in [0.2, 0.25) is 0 Å². The molecule has 2 aromatic carbocycles. The number of amides is 1. The van der Waals surface area contributed by atoms with E-state index < -0.39 is 4.92 Å². The second kappa shape index (κ2) is 7.45. The van der Waals surface area contributed by atoms with Crippen molar-refractivity contribution in [1.82, 2.24) is 5.32 Å². The first-order valence-electron chi connectivity index (χ1n) is 7.65. The molecule has 2 aromatic rings. The number of halogens is 1. The zero-order valence-electron chi connectivity index (χ0n) is 13.8. The van der Waals surface area contributed by atoms with Crippen LogP contribution in [0.15, 0.2) is 36.4 Å². The van der Waals surface area contributed by atoms with Crippen LogP contribution < -0.4 is 5.32 Å². The summed E-state index contributed by atoms with van der Waals surface area (Å²) in [7, 11) is 0. The minimum absolute atomic E-state index is 0.0120. The molecule has 1 atom stereocenters. The van der Waals surface area contributed by atoms with E-state index in [-0.39, 0.29) is 28.2 Å². The van der Waals surface area contributed by atoms with Gasteiger partial charge in [-0.05, 0) is 43.5 Å². The van der Waals surface area contributed by atoms with Gasteiger partial charge in [0.25, 0.3) is 11.6 Å². The lowest BCUT2D eigenvalue weighted by molar-refractivity contribution is -0.384. The van der Waals surface area contributed by atoms with Crippen LogP contribution in [0.25, 0.3) is 0 Å². The van der Waals surface area contributed by atoms with Crippen molar-refractivity contribution in [2.75, 3.05) is 0 Å². The van der Waals surface area contributed by atoms with Gasteiger partial charge in [0.15, 0.2) is 0 Å². The number of nitro groups is 1. The topological polar surface area (TPSA) is 72.2 Å². The maximum absolute atomic E-state index is 12.5. The highest BCUT2D eigenvalue weighted by Gasteiger charge is 2.19. The van der Waals surface area contributed by atoms with Crippen molar-refractivity contribution in [3.8, 4) is 0 Å². The van der Waals surface area contributed by atoms with Crippen LogP contribution >= 0.6 is 11.6 Å². The Hall–Kier alpha value is -2.40. The number of hydrogen-bond donors (Lipinski definition) is 1. The van der Waals surface area contributed by atoms with E-state index >= 15 is 0 Å². The normalized spacial score (nSPS) is 11.8. The van der Waals surface area contributed by atoms with Crippen molar-refractivity contribution >= 4 is 23.2 Å². The van der Waals surface area contributed by atoms with E-state index in [4.69, 9.17) is 11.6 Å². The second-order valence-corrected chi connectivity index (χ2v) is 6.12. The Morgan fingerprint density at radius 1 is 1.25 bits per heavy atom. The fourth-order valence-corrected chi connectivity index (χ4v) is 2.84. The van der Waals surface area contributed by atoms with E-state index in [0.29, 0.717) is 6.42 Å². The monoisotopic (exact) mass is 346 g/mol. The predicted octanol–water partition coefficient (Wildman–Crippen LogP) is 4.75. The molecular formula is C18H19ClN2O3. The highest BCUT2D eigenvalue weighted by atomic mass is 35.5. The van der Waals surface area contributed by atoms with Crippen LogP contribution in [0.3, 0.4) is 0 Å². The van der Waals surface area contributed by atoms with Gasteiger partial charge in [-0.3, -0.25) is 14.9 Å². The van der Waals surface area contributed by atoms with E-state index in [1.54, 1.807) is 0 Å². The van der Waals surface area contributed by atoms with Crippen molar-refractivity contribution in [3.05, 3.63) is 73.8 Å². The molecule has 0 radical (unpaired) electrons. The van der Waals surface area contributed by atoms with Crippen LogP contribution in [0.4, 0.5) is 5.69 Å². The average molecular weight is 347 g/mol. The molecule has 0 aromatic heterocycles. The molecular weight excluding hydrogens is 328 g/mol. The lowest BCUT2D eigenvalue weighted by Crippen LogP contribution is -2.28. The Morgan fingerprint density at radius 3 is 2.54 bits per heavy atom. The lowest BCUT2D eigenvalue weighted by Gasteiger charge is -2.20. The molecule has 1 N–H and O–H groups in total. The summed E-state index contributed by atoms with van der Waals surface area (Å²) in [6.07, 6.45) is 0.714. The molecule has 0 saturated carbocycles. The fourth-order valence-electron chi connectivity index (χ4n) is 2.65.